The van der Waals surface area contributed by atoms with Crippen LogP contribution in [0.25, 0.3) is 0 Å². The molecular formula is C9H13N. The molecule has 0 saturated heterocycles. The molecule has 0 bridgehead atoms. The third kappa shape index (κ3) is 2.24. The van der Waals surface area contributed by atoms with Crippen LogP contribution in [0.4, 0.5) is 0 Å². The molecule has 1 heteroatoms. The first-order valence-corrected chi connectivity index (χ1v) is 3.71. The van der Waals surface area contributed by atoms with Crippen molar-refractivity contribution in [3.63, 3.8) is 0 Å². The van der Waals surface area contributed by atoms with E-state index in [1.165, 1.54) is 12.0 Å². The zero-order chi connectivity index (χ0) is 7.23. The smallest absolute Gasteiger partial charge is 0.0300 e. The highest BCUT2D eigenvalue weighted by Crippen LogP contribution is 2.07. The average molecular weight is 135 g/mol. The molecule has 1 N–H and O–H groups in total. The first-order valence-electron chi connectivity index (χ1n) is 3.71. The van der Waals surface area contributed by atoms with Crippen LogP contribution in [0.1, 0.15) is 19.8 Å². The van der Waals surface area contributed by atoms with Crippen LogP contribution in [-0.4, -0.2) is 13.1 Å². The van der Waals surface area contributed by atoms with Crippen LogP contribution in [0.5, 0.6) is 0 Å². The molecule has 1 rings (SSSR count). The molecule has 0 atom stereocenters. The van der Waals surface area contributed by atoms with E-state index in [9.17, 15) is 0 Å². The van der Waals surface area contributed by atoms with Crippen molar-refractivity contribution < 1.29 is 0 Å². The van der Waals surface area contributed by atoms with Gasteiger partial charge in [0.15, 0.2) is 0 Å². The van der Waals surface area contributed by atoms with Crippen molar-refractivity contribution in [2.75, 3.05) is 13.1 Å². The standard InChI is InChI=1S/C9H13N/c1-2-3-4-9-5-7-10-8-6-9/h5,10H,4,6-8H2,1H3. The minimum absolute atomic E-state index is 0.970. The van der Waals surface area contributed by atoms with Crippen molar-refractivity contribution in [3.05, 3.63) is 11.6 Å². The van der Waals surface area contributed by atoms with E-state index in [1.54, 1.807) is 0 Å². The predicted octanol–water partition coefficient (Wildman–Crippen LogP) is 1.32. The second-order valence-electron chi connectivity index (χ2n) is 2.42. The summed E-state index contributed by atoms with van der Waals surface area (Å²) in [4.78, 5) is 0. The summed E-state index contributed by atoms with van der Waals surface area (Å²) in [7, 11) is 0. The van der Waals surface area contributed by atoms with Gasteiger partial charge >= 0.3 is 0 Å². The highest BCUT2D eigenvalue weighted by Gasteiger charge is 1.99. The molecule has 0 aromatic rings. The van der Waals surface area contributed by atoms with Crippen molar-refractivity contribution in [3.8, 4) is 11.8 Å². The van der Waals surface area contributed by atoms with E-state index in [2.05, 4.69) is 23.2 Å². The van der Waals surface area contributed by atoms with E-state index in [4.69, 9.17) is 0 Å². The van der Waals surface area contributed by atoms with Gasteiger partial charge in [-0.2, -0.15) is 0 Å². The maximum atomic E-state index is 3.27. The molecule has 0 aliphatic carbocycles. The summed E-state index contributed by atoms with van der Waals surface area (Å²) in [5.41, 5.74) is 1.49. The number of hydrogen-bond acceptors (Lipinski definition) is 1. The second kappa shape index (κ2) is 4.14. The van der Waals surface area contributed by atoms with Gasteiger partial charge in [-0.3, -0.25) is 0 Å². The lowest BCUT2D eigenvalue weighted by atomic mass is 10.1. The molecule has 0 aromatic carbocycles. The van der Waals surface area contributed by atoms with Crippen molar-refractivity contribution in [2.45, 2.75) is 19.8 Å². The third-order valence-corrected chi connectivity index (χ3v) is 1.65. The Balaban J connectivity index is 2.36. The van der Waals surface area contributed by atoms with Gasteiger partial charge in [-0.05, 0) is 19.9 Å². The Labute approximate surface area is 62.5 Å². The molecule has 0 aromatic heterocycles. The molecule has 0 unspecified atom stereocenters. The summed E-state index contributed by atoms with van der Waals surface area (Å²) in [5, 5.41) is 3.27. The molecule has 0 spiro atoms. The Bertz CT molecular complexity index is 181. The topological polar surface area (TPSA) is 12.0 Å². The molecule has 54 valence electrons. The lowest BCUT2D eigenvalue weighted by molar-refractivity contribution is 0.696. The Morgan fingerprint density at radius 3 is 3.20 bits per heavy atom. The first kappa shape index (κ1) is 7.37. The lowest BCUT2D eigenvalue weighted by Gasteiger charge is -2.10. The predicted molar refractivity (Wildman–Crippen MR) is 43.6 cm³/mol. The van der Waals surface area contributed by atoms with E-state index >= 15 is 0 Å². The van der Waals surface area contributed by atoms with Gasteiger partial charge in [-0.25, -0.2) is 0 Å². The van der Waals surface area contributed by atoms with Gasteiger partial charge in [0.25, 0.3) is 0 Å². The van der Waals surface area contributed by atoms with Crippen LogP contribution in [0.15, 0.2) is 11.6 Å². The highest BCUT2D eigenvalue weighted by molar-refractivity contribution is 5.15. The van der Waals surface area contributed by atoms with Gasteiger partial charge in [-0.15, -0.1) is 5.92 Å². The summed E-state index contributed by atoms with van der Waals surface area (Å²) in [6.45, 7) is 4.04. The highest BCUT2D eigenvalue weighted by atomic mass is 14.8. The zero-order valence-corrected chi connectivity index (χ0v) is 6.41. The SMILES string of the molecule is CC#CCC1=CCNCC1. The van der Waals surface area contributed by atoms with E-state index < -0.39 is 0 Å². The minimum atomic E-state index is 0.970. The van der Waals surface area contributed by atoms with Crippen LogP contribution in [0.2, 0.25) is 0 Å². The quantitative estimate of drug-likeness (QED) is 0.422. The van der Waals surface area contributed by atoms with E-state index in [1.807, 2.05) is 6.92 Å². The molecule has 1 aliphatic heterocycles. The third-order valence-electron chi connectivity index (χ3n) is 1.65. The van der Waals surface area contributed by atoms with Crippen LogP contribution in [0, 0.1) is 11.8 Å². The summed E-state index contributed by atoms with van der Waals surface area (Å²) < 4.78 is 0. The Kier molecular flexibility index (Phi) is 3.05. The van der Waals surface area contributed by atoms with Gasteiger partial charge in [-0.1, -0.05) is 17.6 Å². The van der Waals surface area contributed by atoms with Crippen molar-refractivity contribution in [1.82, 2.24) is 5.32 Å². The van der Waals surface area contributed by atoms with Gasteiger partial charge in [0.1, 0.15) is 0 Å². The first-order chi connectivity index (χ1) is 4.93. The number of hydrogen-bond donors (Lipinski definition) is 1. The molecular weight excluding hydrogens is 122 g/mol. The van der Waals surface area contributed by atoms with Crippen LogP contribution in [0.3, 0.4) is 0 Å². The monoisotopic (exact) mass is 135 g/mol. The molecule has 1 nitrogen and oxygen atoms in total. The van der Waals surface area contributed by atoms with E-state index in [0.717, 1.165) is 19.5 Å². The summed E-state index contributed by atoms with van der Waals surface area (Å²) >= 11 is 0. The van der Waals surface area contributed by atoms with Gasteiger partial charge in [0.05, 0.1) is 0 Å². The fourth-order valence-electron chi connectivity index (χ4n) is 1.03. The van der Waals surface area contributed by atoms with Crippen LogP contribution < -0.4 is 5.32 Å². The molecule has 0 fully saturated rings. The Hall–Kier alpha value is -0.740. The van der Waals surface area contributed by atoms with Crippen LogP contribution >= 0.6 is 0 Å². The van der Waals surface area contributed by atoms with Crippen molar-refractivity contribution in [1.29, 1.82) is 0 Å². The minimum Gasteiger partial charge on any atom is -0.313 e. The Morgan fingerprint density at radius 1 is 1.70 bits per heavy atom. The molecule has 10 heavy (non-hydrogen) atoms. The van der Waals surface area contributed by atoms with Gasteiger partial charge < -0.3 is 5.32 Å². The second-order valence-corrected chi connectivity index (χ2v) is 2.42. The van der Waals surface area contributed by atoms with Crippen molar-refractivity contribution in [2.24, 2.45) is 0 Å². The fourth-order valence-corrected chi connectivity index (χ4v) is 1.03. The number of nitrogens with one attached hydrogen (secondary N) is 1. The largest absolute Gasteiger partial charge is 0.313 e. The maximum absolute atomic E-state index is 3.27. The zero-order valence-electron chi connectivity index (χ0n) is 6.41. The summed E-state index contributed by atoms with van der Waals surface area (Å²) in [6, 6.07) is 0. The molecule has 1 aliphatic rings. The lowest BCUT2D eigenvalue weighted by Crippen LogP contribution is -2.20. The summed E-state index contributed by atoms with van der Waals surface area (Å²) in [5.74, 6) is 5.98. The normalized spacial score (nSPS) is 17.1. The van der Waals surface area contributed by atoms with Gasteiger partial charge in [0.2, 0.25) is 0 Å². The molecule has 1 heterocycles. The molecule has 0 saturated carbocycles. The average Bonchev–Trinajstić information content (AvgIpc) is 2.03. The van der Waals surface area contributed by atoms with Gasteiger partial charge in [0, 0.05) is 13.0 Å². The van der Waals surface area contributed by atoms with Crippen molar-refractivity contribution >= 4 is 0 Å². The maximum Gasteiger partial charge on any atom is 0.0300 e. The number of rotatable bonds is 1. The summed E-state index contributed by atoms with van der Waals surface area (Å²) in [6.07, 6.45) is 4.39. The molecule has 0 radical (unpaired) electrons. The van der Waals surface area contributed by atoms with E-state index in [0.29, 0.717) is 0 Å². The Morgan fingerprint density at radius 2 is 2.60 bits per heavy atom. The molecule has 0 amide bonds. The fraction of sp³-hybridized carbons (Fsp3) is 0.556. The van der Waals surface area contributed by atoms with Crippen LogP contribution in [-0.2, 0) is 0 Å². The van der Waals surface area contributed by atoms with E-state index in [-0.39, 0.29) is 0 Å².